The predicted octanol–water partition coefficient (Wildman–Crippen LogP) is 1.26. The van der Waals surface area contributed by atoms with Crippen LogP contribution in [-0.2, 0) is 14.6 Å². The lowest BCUT2D eigenvalue weighted by Gasteiger charge is -2.06. The normalized spacial score (nSPS) is 11.0. The van der Waals surface area contributed by atoms with Crippen molar-refractivity contribution in [3.8, 4) is 0 Å². The van der Waals surface area contributed by atoms with Crippen molar-refractivity contribution in [2.24, 2.45) is 0 Å². The fourth-order valence-corrected chi connectivity index (χ4v) is 2.33. The summed E-state index contributed by atoms with van der Waals surface area (Å²) < 4.78 is 27.2. The summed E-state index contributed by atoms with van der Waals surface area (Å²) in [5.41, 5.74) is -0.180. The van der Waals surface area contributed by atoms with Crippen LogP contribution in [0.2, 0.25) is 0 Å². The number of benzene rings is 1. The van der Waals surface area contributed by atoms with Gasteiger partial charge < -0.3 is 4.74 Å². The first-order valence-corrected chi connectivity index (χ1v) is 6.66. The molecule has 0 unspecified atom stereocenters. The second kappa shape index (κ2) is 4.85. The number of hydrogen-bond donors (Lipinski definition) is 0. The van der Waals surface area contributed by atoms with E-state index in [9.17, 15) is 18.0 Å². The number of esters is 1. The average molecular weight is 277 g/mol. The van der Waals surface area contributed by atoms with Crippen LogP contribution in [0.5, 0.6) is 0 Å². The molecule has 0 atom stereocenters. The van der Waals surface area contributed by atoms with Gasteiger partial charge in [-0.3, -0.25) is 4.79 Å². The number of rotatable bonds is 3. The van der Waals surface area contributed by atoms with Crippen molar-refractivity contribution in [1.29, 1.82) is 0 Å². The summed E-state index contributed by atoms with van der Waals surface area (Å²) >= 11 is 5.28. The van der Waals surface area contributed by atoms with Gasteiger partial charge in [0.25, 0.3) is 5.24 Å². The van der Waals surface area contributed by atoms with Crippen molar-refractivity contribution in [1.82, 2.24) is 0 Å². The zero-order valence-corrected chi connectivity index (χ0v) is 10.6. The Kier molecular flexibility index (Phi) is 3.90. The summed E-state index contributed by atoms with van der Waals surface area (Å²) in [7, 11) is -2.41. The zero-order valence-electron chi connectivity index (χ0n) is 9.06. The van der Waals surface area contributed by atoms with E-state index in [4.69, 9.17) is 11.6 Å². The van der Waals surface area contributed by atoms with Crippen LogP contribution in [0.3, 0.4) is 0 Å². The maximum absolute atomic E-state index is 11.4. The highest BCUT2D eigenvalue weighted by Crippen LogP contribution is 2.20. The number of sulfone groups is 1. The Bertz CT molecular complexity index is 576. The van der Waals surface area contributed by atoms with Crippen molar-refractivity contribution in [3.63, 3.8) is 0 Å². The molecule has 0 fully saturated rings. The highest BCUT2D eigenvalue weighted by molar-refractivity contribution is 7.90. The third-order valence-corrected chi connectivity index (χ3v) is 3.37. The third kappa shape index (κ3) is 3.04. The molecular formula is C10H9ClO5S. The lowest BCUT2D eigenvalue weighted by molar-refractivity contribution is 0.0600. The van der Waals surface area contributed by atoms with E-state index in [0.29, 0.717) is 0 Å². The van der Waals surface area contributed by atoms with Crippen molar-refractivity contribution in [2.75, 3.05) is 13.4 Å². The molecule has 0 bridgehead atoms. The molecule has 5 nitrogen and oxygen atoms in total. The fraction of sp³-hybridized carbons (Fsp3) is 0.200. The van der Waals surface area contributed by atoms with Crippen LogP contribution < -0.4 is 0 Å². The summed E-state index contributed by atoms with van der Waals surface area (Å²) in [5, 5.41) is -0.948. The SMILES string of the molecule is COC(=O)c1ccc(S(C)(=O)=O)c(C(=O)Cl)c1. The minimum absolute atomic E-state index is 0.0592. The van der Waals surface area contributed by atoms with E-state index in [-0.39, 0.29) is 16.0 Å². The zero-order chi connectivity index (χ0) is 13.2. The van der Waals surface area contributed by atoms with E-state index >= 15 is 0 Å². The van der Waals surface area contributed by atoms with Gasteiger partial charge in [-0.15, -0.1) is 0 Å². The summed E-state index contributed by atoms with van der Waals surface area (Å²) in [6, 6.07) is 3.50. The highest BCUT2D eigenvalue weighted by atomic mass is 35.5. The smallest absolute Gasteiger partial charge is 0.337 e. The van der Waals surface area contributed by atoms with Gasteiger partial charge in [-0.25, -0.2) is 13.2 Å². The summed E-state index contributed by atoms with van der Waals surface area (Å²) in [5.74, 6) is -0.677. The predicted molar refractivity (Wildman–Crippen MR) is 61.1 cm³/mol. The first-order valence-electron chi connectivity index (χ1n) is 4.39. The van der Waals surface area contributed by atoms with E-state index in [1.54, 1.807) is 0 Å². The number of halogens is 1. The number of hydrogen-bond acceptors (Lipinski definition) is 5. The van der Waals surface area contributed by atoms with Crippen molar-refractivity contribution in [3.05, 3.63) is 29.3 Å². The molecule has 0 aliphatic rings. The van der Waals surface area contributed by atoms with E-state index in [1.807, 2.05) is 0 Å². The van der Waals surface area contributed by atoms with Gasteiger partial charge in [0.2, 0.25) is 0 Å². The van der Waals surface area contributed by atoms with Gasteiger partial charge >= 0.3 is 5.97 Å². The van der Waals surface area contributed by atoms with Crippen LogP contribution in [0.15, 0.2) is 23.1 Å². The Hall–Kier alpha value is -1.40. The van der Waals surface area contributed by atoms with Gasteiger partial charge in [0.05, 0.1) is 23.1 Å². The van der Waals surface area contributed by atoms with E-state index in [2.05, 4.69) is 4.74 Å². The van der Waals surface area contributed by atoms with Crippen LogP contribution in [0.1, 0.15) is 20.7 Å². The summed E-state index contributed by atoms with van der Waals surface area (Å²) in [6.45, 7) is 0. The molecular weight excluding hydrogens is 268 g/mol. The molecule has 1 rings (SSSR count). The van der Waals surface area contributed by atoms with Gasteiger partial charge in [0.15, 0.2) is 9.84 Å². The van der Waals surface area contributed by atoms with Crippen LogP contribution in [0.25, 0.3) is 0 Å². The Labute approximate surface area is 103 Å². The van der Waals surface area contributed by atoms with Crippen LogP contribution in [0, 0.1) is 0 Å². The van der Waals surface area contributed by atoms with Crippen LogP contribution >= 0.6 is 11.6 Å². The Morgan fingerprint density at radius 2 is 1.88 bits per heavy atom. The number of ether oxygens (including phenoxy) is 1. The van der Waals surface area contributed by atoms with Gasteiger partial charge in [-0.1, -0.05) is 0 Å². The molecule has 0 amide bonds. The molecule has 1 aromatic carbocycles. The lowest BCUT2D eigenvalue weighted by atomic mass is 10.1. The van der Waals surface area contributed by atoms with Gasteiger partial charge in [-0.2, -0.15) is 0 Å². The van der Waals surface area contributed by atoms with Gasteiger partial charge in [0, 0.05) is 6.26 Å². The Morgan fingerprint density at radius 1 is 1.29 bits per heavy atom. The largest absolute Gasteiger partial charge is 0.465 e. The molecule has 0 aliphatic carbocycles. The number of carbonyl (C=O) groups is 2. The molecule has 1 aromatic rings. The molecule has 0 heterocycles. The molecule has 0 radical (unpaired) electrons. The first kappa shape index (κ1) is 13.7. The Morgan fingerprint density at radius 3 is 2.29 bits per heavy atom. The molecule has 17 heavy (non-hydrogen) atoms. The molecule has 0 saturated heterocycles. The topological polar surface area (TPSA) is 77.5 Å². The van der Waals surface area contributed by atoms with E-state index in [1.165, 1.54) is 13.2 Å². The molecule has 7 heteroatoms. The van der Waals surface area contributed by atoms with E-state index in [0.717, 1.165) is 18.4 Å². The molecule has 0 spiro atoms. The van der Waals surface area contributed by atoms with Crippen molar-refractivity contribution in [2.45, 2.75) is 4.90 Å². The molecule has 92 valence electrons. The molecule has 0 aromatic heterocycles. The monoisotopic (exact) mass is 276 g/mol. The maximum atomic E-state index is 11.4. The summed E-state index contributed by atoms with van der Waals surface area (Å²) in [4.78, 5) is 22.1. The highest BCUT2D eigenvalue weighted by Gasteiger charge is 2.19. The second-order valence-corrected chi connectivity index (χ2v) is 5.58. The van der Waals surface area contributed by atoms with Crippen LogP contribution in [0.4, 0.5) is 0 Å². The van der Waals surface area contributed by atoms with E-state index < -0.39 is 21.0 Å². The van der Waals surface area contributed by atoms with Gasteiger partial charge in [-0.05, 0) is 29.8 Å². The minimum atomic E-state index is -3.59. The molecule has 0 aliphatic heterocycles. The quantitative estimate of drug-likeness (QED) is 0.613. The number of methoxy groups -OCH3 is 1. The van der Waals surface area contributed by atoms with Gasteiger partial charge in [0.1, 0.15) is 0 Å². The standard InChI is InChI=1S/C10H9ClO5S/c1-16-10(13)6-3-4-8(17(2,14)15)7(5-6)9(11)12/h3-5H,1-2H3. The number of carbonyl (C=O) groups excluding carboxylic acids is 2. The third-order valence-electron chi connectivity index (χ3n) is 2.01. The average Bonchev–Trinajstić information content (AvgIpc) is 2.25. The minimum Gasteiger partial charge on any atom is -0.465 e. The van der Waals surface area contributed by atoms with Crippen LogP contribution in [-0.4, -0.2) is 33.0 Å². The molecule has 0 N–H and O–H groups in total. The maximum Gasteiger partial charge on any atom is 0.337 e. The molecule has 0 saturated carbocycles. The lowest BCUT2D eigenvalue weighted by Crippen LogP contribution is -2.08. The van der Waals surface area contributed by atoms with Crippen molar-refractivity contribution >= 4 is 32.6 Å². The summed E-state index contributed by atoms with van der Waals surface area (Å²) in [6.07, 6.45) is 0.948. The second-order valence-electron chi connectivity index (χ2n) is 3.25. The first-order chi connectivity index (χ1) is 7.77. The Balaban J connectivity index is 3.48. The fourth-order valence-electron chi connectivity index (χ4n) is 1.25. The van der Waals surface area contributed by atoms with Crippen molar-refractivity contribution < 1.29 is 22.7 Å².